The molecule has 19 heavy (non-hydrogen) atoms. The molecule has 0 bridgehead atoms. The van der Waals surface area contributed by atoms with Crippen molar-refractivity contribution < 1.29 is 9.90 Å². The van der Waals surface area contributed by atoms with E-state index in [2.05, 4.69) is 0 Å². The molecule has 1 aliphatic heterocycles. The molecule has 1 aliphatic rings. The summed E-state index contributed by atoms with van der Waals surface area (Å²) in [7, 11) is 0. The van der Waals surface area contributed by atoms with Crippen molar-refractivity contribution >= 4 is 40.4 Å². The number of hydrogen-bond donors (Lipinski definition) is 1. The molecule has 0 aliphatic carbocycles. The molecule has 2 rings (SSSR count). The summed E-state index contributed by atoms with van der Waals surface area (Å²) in [6, 6.07) is 1.86. The molecule has 1 atom stereocenters. The molecule has 0 aromatic carbocycles. The molecule has 3 nitrogen and oxygen atoms in total. The Balaban J connectivity index is 1.76. The van der Waals surface area contributed by atoms with Crippen molar-refractivity contribution in [1.29, 1.82) is 0 Å². The van der Waals surface area contributed by atoms with Crippen LogP contribution in [0.1, 0.15) is 31.2 Å². The van der Waals surface area contributed by atoms with Crippen LogP contribution in [0.4, 0.5) is 0 Å². The minimum atomic E-state index is -0.358. The third-order valence-corrected chi connectivity index (χ3v) is 4.88. The highest BCUT2D eigenvalue weighted by Gasteiger charge is 2.21. The number of aliphatic hydroxyl groups excluding tert-OH is 1. The number of piperidine rings is 1. The number of carbonyl (C=O) groups excluding carboxylic acids is 1. The zero-order valence-corrected chi connectivity index (χ0v) is 12.9. The van der Waals surface area contributed by atoms with Crippen molar-refractivity contribution in [3.63, 3.8) is 0 Å². The van der Waals surface area contributed by atoms with Gasteiger partial charge in [0.05, 0.1) is 14.8 Å². The first kappa shape index (κ1) is 15.1. The Morgan fingerprint density at radius 2 is 2.32 bits per heavy atom. The van der Waals surface area contributed by atoms with Gasteiger partial charge in [-0.3, -0.25) is 4.79 Å². The fraction of sp³-hybridized carbons (Fsp3) is 0.615. The summed E-state index contributed by atoms with van der Waals surface area (Å²) in [5, 5.41) is 9.55. The van der Waals surface area contributed by atoms with Crippen molar-refractivity contribution in [3.8, 4) is 0 Å². The van der Waals surface area contributed by atoms with Crippen LogP contribution in [-0.2, 0) is 11.2 Å². The van der Waals surface area contributed by atoms with Crippen LogP contribution >= 0.6 is 34.5 Å². The third-order valence-electron chi connectivity index (χ3n) is 3.31. The van der Waals surface area contributed by atoms with E-state index >= 15 is 0 Å². The van der Waals surface area contributed by atoms with Crippen LogP contribution in [0.25, 0.3) is 0 Å². The third kappa shape index (κ3) is 4.35. The number of thiophene rings is 1. The van der Waals surface area contributed by atoms with Gasteiger partial charge in [-0.15, -0.1) is 11.3 Å². The van der Waals surface area contributed by atoms with Gasteiger partial charge in [-0.1, -0.05) is 23.2 Å². The molecule has 1 N–H and O–H groups in total. The SMILES string of the molecule is O=C(CCCc1cc(Cl)sc1Cl)N1CCCC(O)C1. The van der Waals surface area contributed by atoms with E-state index in [-0.39, 0.29) is 12.0 Å². The number of halogens is 2. The second-order valence-corrected chi connectivity index (χ2v) is 7.12. The van der Waals surface area contributed by atoms with Crippen LogP contribution < -0.4 is 0 Å². The Kier molecular flexibility index (Phi) is 5.51. The molecule has 0 saturated carbocycles. The van der Waals surface area contributed by atoms with Gasteiger partial charge in [0, 0.05) is 19.5 Å². The Labute approximate surface area is 127 Å². The molecule has 106 valence electrons. The number of aliphatic hydroxyl groups is 1. The van der Waals surface area contributed by atoms with Gasteiger partial charge in [0.1, 0.15) is 0 Å². The molecule has 1 unspecified atom stereocenters. The minimum absolute atomic E-state index is 0.121. The smallest absolute Gasteiger partial charge is 0.222 e. The van der Waals surface area contributed by atoms with E-state index in [9.17, 15) is 9.90 Å². The topological polar surface area (TPSA) is 40.5 Å². The van der Waals surface area contributed by atoms with Crippen LogP contribution in [0, 0.1) is 0 Å². The van der Waals surface area contributed by atoms with Crippen molar-refractivity contribution in [2.45, 2.75) is 38.2 Å². The van der Waals surface area contributed by atoms with Crippen molar-refractivity contribution in [2.75, 3.05) is 13.1 Å². The van der Waals surface area contributed by atoms with Crippen molar-refractivity contribution in [1.82, 2.24) is 4.90 Å². The van der Waals surface area contributed by atoms with E-state index in [1.807, 2.05) is 6.07 Å². The number of rotatable bonds is 4. The fourth-order valence-electron chi connectivity index (χ4n) is 2.31. The number of hydrogen-bond acceptors (Lipinski definition) is 3. The monoisotopic (exact) mass is 321 g/mol. The summed E-state index contributed by atoms with van der Waals surface area (Å²) >= 11 is 13.3. The van der Waals surface area contributed by atoms with Gasteiger partial charge in [0.15, 0.2) is 0 Å². The maximum Gasteiger partial charge on any atom is 0.222 e. The molecule has 1 aromatic heterocycles. The van der Waals surface area contributed by atoms with Crippen molar-refractivity contribution in [3.05, 3.63) is 20.3 Å². The average Bonchev–Trinajstić information content (AvgIpc) is 2.68. The summed E-state index contributed by atoms with van der Waals surface area (Å²) in [6.45, 7) is 1.24. The molecular formula is C13H17Cl2NO2S. The Hall–Kier alpha value is -0.290. The Bertz CT molecular complexity index is 450. The van der Waals surface area contributed by atoms with Gasteiger partial charge < -0.3 is 10.0 Å². The number of likely N-dealkylation sites (tertiary alicyclic amines) is 1. The quantitative estimate of drug-likeness (QED) is 0.923. The summed E-state index contributed by atoms with van der Waals surface area (Å²) in [6.07, 6.45) is 3.35. The lowest BCUT2D eigenvalue weighted by molar-refractivity contribution is -0.134. The van der Waals surface area contributed by atoms with E-state index in [1.54, 1.807) is 4.90 Å². The first-order chi connectivity index (χ1) is 9.06. The van der Waals surface area contributed by atoms with Crippen LogP contribution in [0.15, 0.2) is 6.07 Å². The lowest BCUT2D eigenvalue weighted by atomic mass is 10.1. The molecule has 0 radical (unpaired) electrons. The standard InChI is InChI=1S/C13H17Cl2NO2S/c14-11-7-9(13(15)19-11)3-1-5-12(18)16-6-2-4-10(17)8-16/h7,10,17H,1-6,8H2. The van der Waals surface area contributed by atoms with E-state index in [0.717, 1.165) is 37.8 Å². The number of amides is 1. The van der Waals surface area contributed by atoms with Gasteiger partial charge in [-0.05, 0) is 37.3 Å². The molecular weight excluding hydrogens is 305 g/mol. The summed E-state index contributed by atoms with van der Waals surface area (Å²) in [4.78, 5) is 13.7. The summed E-state index contributed by atoms with van der Waals surface area (Å²) < 4.78 is 1.40. The number of aryl methyl sites for hydroxylation is 1. The first-order valence-corrected chi connectivity index (χ1v) is 8.03. The number of β-amino-alcohol motifs (C(OH)–C–C–N with tert-alkyl or cyclic N) is 1. The van der Waals surface area contributed by atoms with Gasteiger partial charge in [0.2, 0.25) is 5.91 Å². The summed E-state index contributed by atoms with van der Waals surface area (Å²) in [5.74, 6) is 0.121. The lowest BCUT2D eigenvalue weighted by Crippen LogP contribution is -2.42. The highest BCUT2D eigenvalue weighted by atomic mass is 35.5. The van der Waals surface area contributed by atoms with E-state index < -0.39 is 0 Å². The van der Waals surface area contributed by atoms with Gasteiger partial charge in [-0.25, -0.2) is 0 Å². The van der Waals surface area contributed by atoms with Gasteiger partial charge >= 0.3 is 0 Å². The van der Waals surface area contributed by atoms with E-state index in [0.29, 0.717) is 21.6 Å². The summed E-state index contributed by atoms with van der Waals surface area (Å²) in [5.41, 5.74) is 1.02. The highest BCUT2D eigenvalue weighted by molar-refractivity contribution is 7.20. The normalized spacial score (nSPS) is 19.7. The number of nitrogens with zero attached hydrogens (tertiary/aromatic N) is 1. The molecule has 6 heteroatoms. The molecule has 1 aromatic rings. The predicted octanol–water partition coefficient (Wildman–Crippen LogP) is 3.36. The lowest BCUT2D eigenvalue weighted by Gasteiger charge is -2.30. The maximum atomic E-state index is 12.0. The maximum absolute atomic E-state index is 12.0. The molecule has 2 heterocycles. The Morgan fingerprint density at radius 1 is 1.53 bits per heavy atom. The zero-order valence-electron chi connectivity index (χ0n) is 10.6. The van der Waals surface area contributed by atoms with Crippen LogP contribution in [0.3, 0.4) is 0 Å². The average molecular weight is 322 g/mol. The van der Waals surface area contributed by atoms with Gasteiger partial charge in [0.25, 0.3) is 0 Å². The predicted molar refractivity (Wildman–Crippen MR) is 79.1 cm³/mol. The van der Waals surface area contributed by atoms with Gasteiger partial charge in [-0.2, -0.15) is 0 Å². The highest BCUT2D eigenvalue weighted by Crippen LogP contribution is 2.32. The van der Waals surface area contributed by atoms with Crippen LogP contribution in [0.5, 0.6) is 0 Å². The van der Waals surface area contributed by atoms with Crippen LogP contribution in [-0.4, -0.2) is 35.1 Å². The fourth-order valence-corrected chi connectivity index (χ4v) is 3.86. The molecule has 0 spiro atoms. The van der Waals surface area contributed by atoms with Crippen LogP contribution in [0.2, 0.25) is 8.67 Å². The second kappa shape index (κ2) is 6.93. The Morgan fingerprint density at radius 3 is 2.95 bits per heavy atom. The number of carbonyl (C=O) groups is 1. The second-order valence-electron chi connectivity index (χ2n) is 4.84. The van der Waals surface area contributed by atoms with E-state index in [1.165, 1.54) is 11.3 Å². The van der Waals surface area contributed by atoms with E-state index in [4.69, 9.17) is 23.2 Å². The molecule has 1 amide bonds. The molecule has 1 fully saturated rings. The minimum Gasteiger partial charge on any atom is -0.391 e. The zero-order chi connectivity index (χ0) is 13.8. The largest absolute Gasteiger partial charge is 0.391 e. The van der Waals surface area contributed by atoms with Crippen molar-refractivity contribution in [2.24, 2.45) is 0 Å². The first-order valence-electron chi connectivity index (χ1n) is 6.46. The molecule has 1 saturated heterocycles.